The van der Waals surface area contributed by atoms with Crippen LogP contribution in [0.25, 0.3) is 0 Å². The molecule has 0 fully saturated rings. The van der Waals surface area contributed by atoms with E-state index in [1.165, 1.54) is 0 Å². The van der Waals surface area contributed by atoms with E-state index < -0.39 is 0 Å². The monoisotopic (exact) mass is 241 g/mol. The van der Waals surface area contributed by atoms with Crippen molar-refractivity contribution in [2.24, 2.45) is 0 Å². The lowest BCUT2D eigenvalue weighted by molar-refractivity contribution is 0.0948. The van der Waals surface area contributed by atoms with Crippen LogP contribution in [-0.2, 0) is 17.9 Å². The van der Waals surface area contributed by atoms with Crippen LogP contribution in [-0.4, -0.2) is 43.8 Å². The highest BCUT2D eigenvalue weighted by Gasteiger charge is 2.03. The molecule has 0 aliphatic rings. The van der Waals surface area contributed by atoms with Crippen molar-refractivity contribution in [3.8, 4) is 0 Å². The van der Waals surface area contributed by atoms with Crippen LogP contribution in [0.4, 0.5) is 0 Å². The molecule has 0 saturated heterocycles. The van der Waals surface area contributed by atoms with Gasteiger partial charge in [0.05, 0.1) is 5.69 Å². The maximum absolute atomic E-state index is 5.51. The van der Waals surface area contributed by atoms with Crippen LogP contribution in [0.5, 0.6) is 0 Å². The van der Waals surface area contributed by atoms with Gasteiger partial charge < -0.3 is 19.5 Å². The fourth-order valence-electron chi connectivity index (χ4n) is 1.42. The van der Waals surface area contributed by atoms with Gasteiger partial charge in [0.25, 0.3) is 0 Å². The third-order valence-corrected chi connectivity index (χ3v) is 2.30. The minimum absolute atomic E-state index is 0.507. The molecule has 1 heterocycles. The van der Waals surface area contributed by atoms with Crippen molar-refractivity contribution in [1.29, 1.82) is 0 Å². The van der Waals surface area contributed by atoms with E-state index in [1.54, 1.807) is 0 Å². The van der Waals surface area contributed by atoms with E-state index in [4.69, 9.17) is 9.26 Å². The first kappa shape index (κ1) is 14.2. The number of ether oxygens (including phenoxy) is 1. The molecule has 0 saturated carbocycles. The summed E-state index contributed by atoms with van der Waals surface area (Å²) in [6, 6.07) is 1.94. The quantitative estimate of drug-likeness (QED) is 0.659. The van der Waals surface area contributed by atoms with Crippen LogP contribution >= 0.6 is 0 Å². The van der Waals surface area contributed by atoms with Crippen molar-refractivity contribution in [2.45, 2.75) is 26.5 Å². The fourth-order valence-corrected chi connectivity index (χ4v) is 1.42. The standard InChI is InChI=1S/C12H23N3O2/c1-4-13-9-11-8-12(17-14-11)10-16-7-5-6-15(2)3/h8,13H,4-7,9-10H2,1-3H3. The van der Waals surface area contributed by atoms with Gasteiger partial charge in [0.1, 0.15) is 6.61 Å². The Balaban J connectivity index is 2.12. The van der Waals surface area contributed by atoms with Crippen LogP contribution in [0.2, 0.25) is 0 Å². The average Bonchev–Trinajstić information content (AvgIpc) is 2.73. The van der Waals surface area contributed by atoms with Gasteiger partial charge in [-0.2, -0.15) is 0 Å². The zero-order chi connectivity index (χ0) is 12.5. The lowest BCUT2D eigenvalue weighted by atomic mass is 10.3. The highest BCUT2D eigenvalue weighted by molar-refractivity contribution is 5.04. The molecule has 17 heavy (non-hydrogen) atoms. The summed E-state index contributed by atoms with van der Waals surface area (Å²) in [5.41, 5.74) is 0.929. The minimum Gasteiger partial charge on any atom is -0.373 e. The fraction of sp³-hybridized carbons (Fsp3) is 0.750. The van der Waals surface area contributed by atoms with E-state index in [2.05, 4.69) is 36.4 Å². The predicted octanol–water partition coefficient (Wildman–Crippen LogP) is 1.25. The second-order valence-corrected chi connectivity index (χ2v) is 4.27. The molecule has 0 spiro atoms. The molecular formula is C12H23N3O2. The summed E-state index contributed by atoms with van der Waals surface area (Å²) >= 11 is 0. The van der Waals surface area contributed by atoms with Gasteiger partial charge in [0.2, 0.25) is 0 Å². The molecule has 0 aliphatic carbocycles. The molecule has 1 aromatic heterocycles. The van der Waals surface area contributed by atoms with Gasteiger partial charge in [-0.25, -0.2) is 0 Å². The van der Waals surface area contributed by atoms with Gasteiger partial charge in [-0.1, -0.05) is 12.1 Å². The van der Waals surface area contributed by atoms with Gasteiger partial charge in [-0.15, -0.1) is 0 Å². The summed E-state index contributed by atoms with van der Waals surface area (Å²) in [5.74, 6) is 0.794. The maximum atomic E-state index is 5.51. The Hall–Kier alpha value is -0.910. The van der Waals surface area contributed by atoms with Crippen LogP contribution in [0.15, 0.2) is 10.6 Å². The van der Waals surface area contributed by atoms with E-state index in [-0.39, 0.29) is 0 Å². The third kappa shape index (κ3) is 6.41. The Morgan fingerprint density at radius 1 is 1.47 bits per heavy atom. The molecule has 0 bridgehead atoms. The van der Waals surface area contributed by atoms with Gasteiger partial charge in [0.15, 0.2) is 5.76 Å². The summed E-state index contributed by atoms with van der Waals surface area (Å²) in [7, 11) is 4.12. The van der Waals surface area contributed by atoms with E-state index in [0.717, 1.165) is 44.1 Å². The Bertz CT molecular complexity index is 300. The molecule has 0 amide bonds. The zero-order valence-electron chi connectivity index (χ0n) is 11.0. The number of hydrogen-bond acceptors (Lipinski definition) is 5. The lowest BCUT2D eigenvalue weighted by Crippen LogP contribution is -2.14. The smallest absolute Gasteiger partial charge is 0.162 e. The summed E-state index contributed by atoms with van der Waals surface area (Å²) in [6.07, 6.45) is 1.03. The van der Waals surface area contributed by atoms with E-state index >= 15 is 0 Å². The molecular weight excluding hydrogens is 218 g/mol. The largest absolute Gasteiger partial charge is 0.373 e. The third-order valence-electron chi connectivity index (χ3n) is 2.30. The Morgan fingerprint density at radius 3 is 3.00 bits per heavy atom. The molecule has 0 radical (unpaired) electrons. The summed E-state index contributed by atoms with van der Waals surface area (Å²) in [6.45, 7) is 6.05. The average molecular weight is 241 g/mol. The lowest BCUT2D eigenvalue weighted by Gasteiger charge is -2.08. The number of hydrogen-bond donors (Lipinski definition) is 1. The molecule has 0 aromatic carbocycles. The molecule has 0 unspecified atom stereocenters. The molecule has 1 N–H and O–H groups in total. The Labute approximate surface area is 103 Å². The van der Waals surface area contributed by atoms with Gasteiger partial charge in [0, 0.05) is 19.2 Å². The maximum Gasteiger partial charge on any atom is 0.162 e. The first-order valence-electron chi connectivity index (χ1n) is 6.10. The first-order valence-corrected chi connectivity index (χ1v) is 6.10. The van der Waals surface area contributed by atoms with Crippen LogP contribution in [0.1, 0.15) is 24.8 Å². The second-order valence-electron chi connectivity index (χ2n) is 4.27. The second kappa shape index (κ2) is 8.22. The Kier molecular flexibility index (Phi) is 6.84. The Morgan fingerprint density at radius 2 is 2.29 bits per heavy atom. The van der Waals surface area contributed by atoms with E-state index in [9.17, 15) is 0 Å². The van der Waals surface area contributed by atoms with Crippen LogP contribution < -0.4 is 5.32 Å². The molecule has 1 aromatic rings. The molecule has 0 aliphatic heterocycles. The summed E-state index contributed by atoms with van der Waals surface area (Å²) < 4.78 is 10.7. The van der Waals surface area contributed by atoms with Crippen LogP contribution in [0, 0.1) is 0 Å². The van der Waals surface area contributed by atoms with Crippen molar-refractivity contribution >= 4 is 0 Å². The molecule has 5 heteroatoms. The highest BCUT2D eigenvalue weighted by atomic mass is 16.5. The van der Waals surface area contributed by atoms with Crippen molar-refractivity contribution in [1.82, 2.24) is 15.4 Å². The summed E-state index contributed by atoms with van der Waals surface area (Å²) in [5, 5.41) is 7.15. The van der Waals surface area contributed by atoms with Gasteiger partial charge in [-0.05, 0) is 33.6 Å². The minimum atomic E-state index is 0.507. The highest BCUT2D eigenvalue weighted by Crippen LogP contribution is 2.05. The number of nitrogens with one attached hydrogen (secondary N) is 1. The molecule has 5 nitrogen and oxygen atoms in total. The number of rotatable bonds is 9. The molecule has 1 rings (SSSR count). The van der Waals surface area contributed by atoms with Crippen molar-refractivity contribution in [3.05, 3.63) is 17.5 Å². The zero-order valence-corrected chi connectivity index (χ0v) is 11.0. The topological polar surface area (TPSA) is 50.5 Å². The normalized spacial score (nSPS) is 11.3. The first-order chi connectivity index (χ1) is 8.22. The van der Waals surface area contributed by atoms with E-state index in [1.807, 2.05) is 6.07 Å². The van der Waals surface area contributed by atoms with Crippen LogP contribution in [0.3, 0.4) is 0 Å². The predicted molar refractivity (Wildman–Crippen MR) is 66.7 cm³/mol. The SMILES string of the molecule is CCNCc1cc(COCCCN(C)C)on1. The van der Waals surface area contributed by atoms with Crippen molar-refractivity contribution in [2.75, 3.05) is 33.8 Å². The van der Waals surface area contributed by atoms with Gasteiger partial charge >= 0.3 is 0 Å². The van der Waals surface area contributed by atoms with Crippen molar-refractivity contribution in [3.63, 3.8) is 0 Å². The summed E-state index contributed by atoms with van der Waals surface area (Å²) in [4.78, 5) is 2.15. The van der Waals surface area contributed by atoms with Gasteiger partial charge in [-0.3, -0.25) is 0 Å². The number of nitrogens with zero attached hydrogens (tertiary/aromatic N) is 2. The van der Waals surface area contributed by atoms with E-state index in [0.29, 0.717) is 6.61 Å². The molecule has 0 atom stereocenters. The van der Waals surface area contributed by atoms with Crippen molar-refractivity contribution < 1.29 is 9.26 Å². The molecule has 98 valence electrons. The number of aromatic nitrogens is 1.